The van der Waals surface area contributed by atoms with Crippen molar-refractivity contribution in [2.75, 3.05) is 24.5 Å². The van der Waals surface area contributed by atoms with Crippen molar-refractivity contribution in [1.82, 2.24) is 9.88 Å². The Morgan fingerprint density at radius 2 is 2.04 bits per heavy atom. The molecule has 2 bridgehead atoms. The molecule has 1 aromatic heterocycles. The molecular formula is C20H25N3O3. The Morgan fingerprint density at radius 3 is 2.88 bits per heavy atom. The van der Waals surface area contributed by atoms with E-state index in [0.717, 1.165) is 69.4 Å². The Labute approximate surface area is 153 Å². The molecule has 1 N–H and O–H groups in total. The zero-order chi connectivity index (χ0) is 17.8. The molecule has 0 aromatic carbocycles. The molecule has 4 aliphatic rings. The van der Waals surface area contributed by atoms with Crippen LogP contribution in [0.2, 0.25) is 0 Å². The van der Waals surface area contributed by atoms with Gasteiger partial charge in [-0.05, 0) is 62.0 Å². The van der Waals surface area contributed by atoms with Crippen LogP contribution in [0.3, 0.4) is 0 Å². The third kappa shape index (κ3) is 2.49. The first-order valence-corrected chi connectivity index (χ1v) is 9.90. The molecule has 138 valence electrons. The Kier molecular flexibility index (Phi) is 3.69. The average Bonchev–Trinajstić information content (AvgIpc) is 3.09. The number of anilines is 1. The fourth-order valence-corrected chi connectivity index (χ4v) is 5.64. The van der Waals surface area contributed by atoms with Crippen molar-refractivity contribution in [3.05, 3.63) is 22.9 Å². The van der Waals surface area contributed by atoms with Crippen LogP contribution < -0.4 is 4.90 Å². The molecule has 1 aromatic rings. The summed E-state index contributed by atoms with van der Waals surface area (Å²) in [4.78, 5) is 33.3. The molecule has 1 aliphatic carbocycles. The molecule has 3 atom stereocenters. The molecule has 26 heavy (non-hydrogen) atoms. The van der Waals surface area contributed by atoms with Crippen molar-refractivity contribution >= 4 is 17.7 Å². The quantitative estimate of drug-likeness (QED) is 0.879. The molecule has 5 rings (SSSR count). The molecular weight excluding hydrogens is 330 g/mol. The second kappa shape index (κ2) is 5.96. The highest BCUT2D eigenvalue weighted by atomic mass is 16.4. The number of aromatic nitrogens is 1. The van der Waals surface area contributed by atoms with Gasteiger partial charge in [0.15, 0.2) is 0 Å². The number of carboxylic acid groups (broad SMARTS) is 1. The van der Waals surface area contributed by atoms with E-state index in [1.807, 2.05) is 6.07 Å². The van der Waals surface area contributed by atoms with Gasteiger partial charge in [0.1, 0.15) is 11.4 Å². The predicted molar refractivity (Wildman–Crippen MR) is 96.4 cm³/mol. The van der Waals surface area contributed by atoms with Crippen molar-refractivity contribution in [1.29, 1.82) is 0 Å². The van der Waals surface area contributed by atoms with Gasteiger partial charge in [-0.25, -0.2) is 9.78 Å². The minimum atomic E-state index is -0.882. The van der Waals surface area contributed by atoms with Crippen LogP contribution in [0.1, 0.15) is 53.7 Å². The van der Waals surface area contributed by atoms with E-state index in [0.29, 0.717) is 41.6 Å². The Morgan fingerprint density at radius 1 is 1.15 bits per heavy atom. The number of aromatic carboxylic acids is 1. The van der Waals surface area contributed by atoms with E-state index in [9.17, 15) is 14.7 Å². The molecule has 0 unspecified atom stereocenters. The van der Waals surface area contributed by atoms with Gasteiger partial charge in [0, 0.05) is 37.8 Å². The fraction of sp³-hybridized carbons (Fsp3) is 0.650. The van der Waals surface area contributed by atoms with Crippen LogP contribution in [0.4, 0.5) is 5.82 Å². The number of hydrogen-bond acceptors (Lipinski definition) is 4. The number of pyridine rings is 1. The third-order valence-corrected chi connectivity index (χ3v) is 6.74. The lowest BCUT2D eigenvalue weighted by Gasteiger charge is -2.52. The van der Waals surface area contributed by atoms with Crippen LogP contribution in [-0.2, 0) is 17.6 Å². The summed E-state index contributed by atoms with van der Waals surface area (Å²) >= 11 is 0. The largest absolute Gasteiger partial charge is 0.478 e. The number of carbonyl (C=O) groups is 2. The van der Waals surface area contributed by atoms with Gasteiger partial charge in [0.2, 0.25) is 5.91 Å². The van der Waals surface area contributed by atoms with E-state index in [1.54, 1.807) is 0 Å². The number of rotatable bonds is 2. The average molecular weight is 355 g/mol. The second-order valence-electron chi connectivity index (χ2n) is 8.40. The molecule has 0 radical (unpaired) electrons. The van der Waals surface area contributed by atoms with Crippen LogP contribution in [-0.4, -0.2) is 52.5 Å². The smallest absolute Gasteiger partial charge is 0.339 e. The molecule has 3 fully saturated rings. The van der Waals surface area contributed by atoms with Gasteiger partial charge in [-0.3, -0.25) is 4.79 Å². The molecule has 3 saturated heterocycles. The van der Waals surface area contributed by atoms with Crippen molar-refractivity contribution < 1.29 is 14.7 Å². The summed E-state index contributed by atoms with van der Waals surface area (Å²) in [6, 6.07) is 2.19. The van der Waals surface area contributed by atoms with Crippen molar-refractivity contribution in [3.63, 3.8) is 0 Å². The number of aryl methyl sites for hydroxylation is 2. The molecule has 1 amide bonds. The number of piperidine rings is 3. The summed E-state index contributed by atoms with van der Waals surface area (Å²) in [6.07, 6.45) is 6.86. The Balaban J connectivity index is 1.47. The topological polar surface area (TPSA) is 73.7 Å². The maximum absolute atomic E-state index is 12.3. The summed E-state index contributed by atoms with van der Waals surface area (Å²) in [5.41, 5.74) is 2.53. The summed E-state index contributed by atoms with van der Waals surface area (Å²) in [7, 11) is 0. The third-order valence-electron chi connectivity index (χ3n) is 6.74. The van der Waals surface area contributed by atoms with Gasteiger partial charge in [-0.15, -0.1) is 0 Å². The monoisotopic (exact) mass is 355 g/mol. The van der Waals surface area contributed by atoms with Gasteiger partial charge in [0.05, 0.1) is 0 Å². The molecule has 0 saturated carbocycles. The van der Waals surface area contributed by atoms with E-state index in [1.165, 1.54) is 0 Å². The predicted octanol–water partition coefficient (Wildman–Crippen LogP) is 2.11. The molecule has 6 heteroatoms. The second-order valence-corrected chi connectivity index (χ2v) is 8.40. The summed E-state index contributed by atoms with van der Waals surface area (Å²) in [6.45, 7) is 2.44. The maximum Gasteiger partial charge on any atom is 0.339 e. The number of carbonyl (C=O) groups excluding carboxylic acids is 1. The van der Waals surface area contributed by atoms with E-state index < -0.39 is 5.97 Å². The van der Waals surface area contributed by atoms with Crippen LogP contribution in [0, 0.1) is 11.8 Å². The minimum absolute atomic E-state index is 0.311. The highest BCUT2D eigenvalue weighted by Gasteiger charge is 2.44. The first kappa shape index (κ1) is 16.1. The first-order chi connectivity index (χ1) is 12.6. The molecule has 6 nitrogen and oxygen atoms in total. The van der Waals surface area contributed by atoms with Gasteiger partial charge < -0.3 is 14.9 Å². The van der Waals surface area contributed by atoms with Crippen molar-refractivity contribution in [2.24, 2.45) is 11.8 Å². The number of amides is 1. The van der Waals surface area contributed by atoms with Crippen LogP contribution in [0.25, 0.3) is 0 Å². The molecule has 3 aliphatic heterocycles. The van der Waals surface area contributed by atoms with Gasteiger partial charge in [-0.1, -0.05) is 0 Å². The van der Waals surface area contributed by atoms with E-state index in [4.69, 9.17) is 4.98 Å². The highest BCUT2D eigenvalue weighted by Crippen LogP contribution is 2.40. The molecule has 4 heterocycles. The minimum Gasteiger partial charge on any atom is -0.478 e. The van der Waals surface area contributed by atoms with Crippen molar-refractivity contribution in [3.8, 4) is 0 Å². The lowest BCUT2D eigenvalue weighted by molar-refractivity contribution is -0.142. The normalized spacial score (nSPS) is 30.2. The lowest BCUT2D eigenvalue weighted by Crippen LogP contribution is -2.60. The van der Waals surface area contributed by atoms with Crippen LogP contribution >= 0.6 is 0 Å². The van der Waals surface area contributed by atoms with E-state index in [-0.39, 0.29) is 0 Å². The SMILES string of the molecule is O=C(O)c1cc2c(nc1N1C[C@H]3C[C@H](C1)[C@@H]1CCCC(=O)N1C3)CCC2. The van der Waals surface area contributed by atoms with Gasteiger partial charge in [-0.2, -0.15) is 0 Å². The first-order valence-electron chi connectivity index (χ1n) is 9.90. The number of hydrogen-bond donors (Lipinski definition) is 1. The lowest BCUT2D eigenvalue weighted by atomic mass is 9.76. The molecule has 0 spiro atoms. The Hall–Kier alpha value is -2.11. The number of nitrogens with zero attached hydrogens (tertiary/aromatic N) is 3. The number of fused-ring (bicyclic) bond motifs is 5. The fourth-order valence-electron chi connectivity index (χ4n) is 5.64. The van der Waals surface area contributed by atoms with Crippen LogP contribution in [0.5, 0.6) is 0 Å². The maximum atomic E-state index is 12.3. The van der Waals surface area contributed by atoms with Crippen molar-refractivity contribution in [2.45, 2.75) is 51.0 Å². The van der Waals surface area contributed by atoms with Gasteiger partial charge >= 0.3 is 5.97 Å². The zero-order valence-electron chi connectivity index (χ0n) is 15.0. The summed E-state index contributed by atoms with van der Waals surface area (Å²) < 4.78 is 0. The summed E-state index contributed by atoms with van der Waals surface area (Å²) in [5.74, 6) is 0.939. The summed E-state index contributed by atoms with van der Waals surface area (Å²) in [5, 5.41) is 9.73. The van der Waals surface area contributed by atoms with E-state index in [2.05, 4.69) is 9.80 Å². The standard InChI is InChI=1S/C20H25N3O3/c24-18-6-2-5-17-14-7-12(10-23(17)18)9-22(11-14)19-15(20(25)26)8-13-3-1-4-16(13)21-19/h8,12,14,17H,1-7,9-11H2,(H,25,26)/t12-,14-,17+/m1/s1. The Bertz CT molecular complexity index is 778. The van der Waals surface area contributed by atoms with Crippen LogP contribution in [0.15, 0.2) is 6.07 Å². The highest BCUT2D eigenvalue weighted by molar-refractivity contribution is 5.93. The number of carboxylic acids is 1. The van der Waals surface area contributed by atoms with Gasteiger partial charge in [0.25, 0.3) is 0 Å². The zero-order valence-corrected chi connectivity index (χ0v) is 15.0. The van der Waals surface area contributed by atoms with E-state index >= 15 is 0 Å².